The number of benzene rings is 1. The van der Waals surface area contributed by atoms with Gasteiger partial charge in [0.05, 0.1) is 12.1 Å². The van der Waals surface area contributed by atoms with Crippen LogP contribution in [0.25, 0.3) is 0 Å². The third kappa shape index (κ3) is 5.57. The first-order valence-electron chi connectivity index (χ1n) is 10.8. The second-order valence-corrected chi connectivity index (χ2v) is 8.06. The number of hydroxylamine groups is 1. The molecule has 4 rings (SSSR count). The Morgan fingerprint density at radius 3 is 2.73 bits per heavy atom. The Labute approximate surface area is 189 Å². The van der Waals surface area contributed by atoms with E-state index in [9.17, 15) is 22.8 Å². The SMILES string of the molecule is O=C(CN1CCN(c2cccc(C(F)(F)F)c2)CC1)NCCC1=C2CC=CC=C2ONC1=O. The molecule has 7 nitrogen and oxygen atoms in total. The van der Waals surface area contributed by atoms with Gasteiger partial charge in [0.1, 0.15) is 0 Å². The van der Waals surface area contributed by atoms with E-state index >= 15 is 0 Å². The van der Waals surface area contributed by atoms with Crippen LogP contribution in [0.5, 0.6) is 0 Å². The predicted octanol–water partition coefficient (Wildman–Crippen LogP) is 2.54. The molecule has 2 N–H and O–H groups in total. The zero-order valence-electron chi connectivity index (χ0n) is 18.0. The van der Waals surface area contributed by atoms with Gasteiger partial charge in [-0.1, -0.05) is 18.2 Å². The number of allylic oxidation sites excluding steroid dienone is 4. The molecule has 1 saturated heterocycles. The number of hydrogen-bond acceptors (Lipinski definition) is 5. The van der Waals surface area contributed by atoms with Crippen molar-refractivity contribution in [3.63, 3.8) is 0 Å². The number of piperazine rings is 1. The van der Waals surface area contributed by atoms with E-state index in [2.05, 4.69) is 10.8 Å². The molecule has 3 aliphatic rings. The molecule has 0 radical (unpaired) electrons. The summed E-state index contributed by atoms with van der Waals surface area (Å²) < 4.78 is 38.9. The first-order valence-corrected chi connectivity index (χ1v) is 10.8. The Morgan fingerprint density at radius 1 is 1.18 bits per heavy atom. The van der Waals surface area contributed by atoms with Crippen molar-refractivity contribution in [3.05, 3.63) is 65.0 Å². The zero-order chi connectivity index (χ0) is 23.4. The van der Waals surface area contributed by atoms with Crippen molar-refractivity contribution < 1.29 is 27.6 Å². The molecule has 1 aromatic carbocycles. The molecule has 176 valence electrons. The van der Waals surface area contributed by atoms with E-state index in [1.165, 1.54) is 6.07 Å². The summed E-state index contributed by atoms with van der Waals surface area (Å²) in [5.41, 5.74) is 3.68. The molecule has 10 heteroatoms. The van der Waals surface area contributed by atoms with Gasteiger partial charge in [0.2, 0.25) is 5.91 Å². The molecule has 0 spiro atoms. The van der Waals surface area contributed by atoms with Crippen LogP contribution in [-0.2, 0) is 20.6 Å². The number of halogens is 3. The van der Waals surface area contributed by atoms with Crippen molar-refractivity contribution in [2.75, 3.05) is 44.2 Å². The number of carbonyl (C=O) groups excluding carboxylic acids is 2. The number of carbonyl (C=O) groups is 2. The minimum absolute atomic E-state index is 0.153. The number of fused-ring (bicyclic) bond motifs is 1. The molecule has 1 fully saturated rings. The van der Waals surface area contributed by atoms with Crippen LogP contribution in [0.15, 0.2) is 59.4 Å². The molecular weight excluding hydrogens is 437 g/mol. The van der Waals surface area contributed by atoms with E-state index in [1.807, 2.05) is 22.0 Å². The summed E-state index contributed by atoms with van der Waals surface area (Å²) in [5.74, 6) is 0.175. The summed E-state index contributed by atoms with van der Waals surface area (Å²) in [6, 6.07) is 5.30. The second kappa shape index (κ2) is 9.70. The first-order chi connectivity index (χ1) is 15.8. The molecular formula is C23H25F3N4O3. The van der Waals surface area contributed by atoms with E-state index < -0.39 is 11.7 Å². The van der Waals surface area contributed by atoms with E-state index in [1.54, 1.807) is 12.1 Å². The smallest absolute Gasteiger partial charge is 0.379 e. The van der Waals surface area contributed by atoms with Crippen LogP contribution in [0.2, 0.25) is 0 Å². The van der Waals surface area contributed by atoms with Crippen molar-refractivity contribution in [1.29, 1.82) is 0 Å². The Hall–Kier alpha value is -3.27. The van der Waals surface area contributed by atoms with E-state index in [0.29, 0.717) is 62.6 Å². The third-order valence-corrected chi connectivity index (χ3v) is 5.87. The van der Waals surface area contributed by atoms with Gasteiger partial charge in [-0.25, -0.2) is 0 Å². The Balaban J connectivity index is 1.23. The standard InChI is InChI=1S/C23H25F3N4O3/c24-23(25,26)16-4-3-5-17(14-16)30-12-10-29(11-13-30)15-21(31)27-9-8-19-18-6-1-2-7-20(18)33-28-22(19)32/h1-5,7,14H,6,8-13,15H2,(H,27,31)(H,28,32). The highest BCUT2D eigenvalue weighted by atomic mass is 19.4. The second-order valence-electron chi connectivity index (χ2n) is 8.06. The van der Waals surface area contributed by atoms with Crippen LogP contribution >= 0.6 is 0 Å². The van der Waals surface area contributed by atoms with Gasteiger partial charge in [-0.2, -0.15) is 18.7 Å². The van der Waals surface area contributed by atoms with E-state index in [-0.39, 0.29) is 18.4 Å². The minimum Gasteiger partial charge on any atom is -0.379 e. The van der Waals surface area contributed by atoms with Crippen LogP contribution < -0.4 is 15.7 Å². The van der Waals surface area contributed by atoms with E-state index in [0.717, 1.165) is 17.7 Å². The number of rotatable bonds is 6. The lowest BCUT2D eigenvalue weighted by Crippen LogP contribution is -2.49. The number of hydrogen-bond donors (Lipinski definition) is 2. The maximum absolute atomic E-state index is 13.0. The number of alkyl halides is 3. The third-order valence-electron chi connectivity index (χ3n) is 5.87. The molecule has 2 heterocycles. The van der Waals surface area contributed by atoms with Crippen molar-refractivity contribution in [3.8, 4) is 0 Å². The number of anilines is 1. The van der Waals surface area contributed by atoms with Gasteiger partial charge < -0.3 is 15.1 Å². The van der Waals surface area contributed by atoms with Gasteiger partial charge in [0.15, 0.2) is 5.76 Å². The molecule has 0 bridgehead atoms. The van der Waals surface area contributed by atoms with Crippen LogP contribution in [0.1, 0.15) is 18.4 Å². The quantitative estimate of drug-likeness (QED) is 0.680. The Bertz CT molecular complexity index is 1010. The summed E-state index contributed by atoms with van der Waals surface area (Å²) in [4.78, 5) is 33.6. The van der Waals surface area contributed by atoms with Crippen molar-refractivity contribution in [1.82, 2.24) is 15.7 Å². The molecule has 0 unspecified atom stereocenters. The molecule has 1 aromatic rings. The summed E-state index contributed by atoms with van der Waals surface area (Å²) in [5, 5.41) is 2.85. The molecule has 0 saturated carbocycles. The minimum atomic E-state index is -4.37. The Kier molecular flexibility index (Phi) is 6.73. The highest BCUT2D eigenvalue weighted by molar-refractivity contribution is 5.95. The zero-order valence-corrected chi connectivity index (χ0v) is 18.0. The topological polar surface area (TPSA) is 73.9 Å². The average molecular weight is 462 g/mol. The number of amides is 2. The summed E-state index contributed by atoms with van der Waals surface area (Å²) in [6.07, 6.45) is 2.23. The van der Waals surface area contributed by atoms with E-state index in [4.69, 9.17) is 4.84 Å². The summed E-state index contributed by atoms with van der Waals surface area (Å²) in [7, 11) is 0. The van der Waals surface area contributed by atoms with Gasteiger partial charge in [0.25, 0.3) is 5.91 Å². The van der Waals surface area contributed by atoms with Gasteiger partial charge >= 0.3 is 6.18 Å². The molecule has 33 heavy (non-hydrogen) atoms. The summed E-state index contributed by atoms with van der Waals surface area (Å²) in [6.45, 7) is 2.73. The maximum Gasteiger partial charge on any atom is 0.416 e. The molecule has 1 aliphatic carbocycles. The first kappa shape index (κ1) is 22.9. The van der Waals surface area contributed by atoms with Crippen LogP contribution in [0.3, 0.4) is 0 Å². The largest absolute Gasteiger partial charge is 0.416 e. The monoisotopic (exact) mass is 462 g/mol. The van der Waals surface area contributed by atoms with Gasteiger partial charge in [-0.05, 0) is 37.1 Å². The highest BCUT2D eigenvalue weighted by Gasteiger charge is 2.31. The van der Waals surface area contributed by atoms with Gasteiger partial charge in [0, 0.05) is 49.6 Å². The Morgan fingerprint density at radius 2 is 1.97 bits per heavy atom. The lowest BCUT2D eigenvalue weighted by atomic mass is 9.96. The maximum atomic E-state index is 13.0. The van der Waals surface area contributed by atoms with Gasteiger partial charge in [-0.3, -0.25) is 14.5 Å². The van der Waals surface area contributed by atoms with Crippen LogP contribution in [0.4, 0.5) is 18.9 Å². The normalized spacial score (nSPS) is 18.9. The van der Waals surface area contributed by atoms with Crippen molar-refractivity contribution >= 4 is 17.5 Å². The number of nitrogens with one attached hydrogen (secondary N) is 2. The molecule has 0 atom stereocenters. The van der Waals surface area contributed by atoms with Crippen molar-refractivity contribution in [2.24, 2.45) is 0 Å². The average Bonchev–Trinajstić information content (AvgIpc) is 2.80. The van der Waals surface area contributed by atoms with Crippen LogP contribution in [0, 0.1) is 0 Å². The molecule has 2 aliphatic heterocycles. The van der Waals surface area contributed by atoms with Crippen molar-refractivity contribution in [2.45, 2.75) is 19.0 Å². The fraction of sp³-hybridized carbons (Fsp3) is 0.391. The van der Waals surface area contributed by atoms with Crippen LogP contribution in [-0.4, -0.2) is 56.0 Å². The molecule has 0 aromatic heterocycles. The highest BCUT2D eigenvalue weighted by Crippen LogP contribution is 2.32. The predicted molar refractivity (Wildman–Crippen MR) is 116 cm³/mol. The van der Waals surface area contributed by atoms with Gasteiger partial charge in [-0.15, -0.1) is 0 Å². The molecule has 2 amide bonds. The fourth-order valence-corrected chi connectivity index (χ4v) is 4.10. The fourth-order valence-electron chi connectivity index (χ4n) is 4.10. The lowest BCUT2D eigenvalue weighted by Gasteiger charge is -2.36. The lowest BCUT2D eigenvalue weighted by molar-refractivity contribution is -0.137. The number of nitrogens with zero attached hydrogens (tertiary/aromatic N) is 2. The summed E-state index contributed by atoms with van der Waals surface area (Å²) >= 11 is 0.